The third kappa shape index (κ3) is 2.23. The van der Waals surface area contributed by atoms with Crippen LogP contribution in [0.25, 0.3) is 16.7 Å². The van der Waals surface area contributed by atoms with E-state index < -0.39 is 0 Å². The van der Waals surface area contributed by atoms with Crippen molar-refractivity contribution >= 4 is 22.5 Å². The molecule has 3 rings (SSSR count). The number of nitrogens with zero attached hydrogens (tertiary/aromatic N) is 3. The van der Waals surface area contributed by atoms with Crippen LogP contribution in [0.5, 0.6) is 0 Å². The van der Waals surface area contributed by atoms with E-state index in [0.717, 1.165) is 22.3 Å². The standard InChI is InChI=1S/C16H13N3O/c1-12(20)11-16(13-7-3-2-4-8-13)19-15-10-6-5-9-14(15)17-18-19/h2-11H,1H3/b16-11+. The zero-order chi connectivity index (χ0) is 13.9. The van der Waals surface area contributed by atoms with Crippen LogP contribution in [-0.2, 0) is 4.79 Å². The molecule has 0 saturated heterocycles. The Kier molecular flexibility index (Phi) is 3.13. The van der Waals surface area contributed by atoms with Crippen LogP contribution >= 0.6 is 0 Å². The highest BCUT2D eigenvalue weighted by atomic mass is 16.1. The molecule has 0 atom stereocenters. The number of hydrogen-bond donors (Lipinski definition) is 0. The highest BCUT2D eigenvalue weighted by Crippen LogP contribution is 2.21. The predicted molar refractivity (Wildman–Crippen MR) is 78.0 cm³/mol. The fourth-order valence-corrected chi connectivity index (χ4v) is 2.12. The summed E-state index contributed by atoms with van der Waals surface area (Å²) in [6, 6.07) is 17.4. The lowest BCUT2D eigenvalue weighted by molar-refractivity contribution is -0.112. The van der Waals surface area contributed by atoms with Crippen molar-refractivity contribution < 1.29 is 4.79 Å². The lowest BCUT2D eigenvalue weighted by Gasteiger charge is -2.08. The van der Waals surface area contributed by atoms with E-state index in [-0.39, 0.29) is 5.78 Å². The van der Waals surface area contributed by atoms with Crippen LogP contribution in [-0.4, -0.2) is 20.8 Å². The SMILES string of the molecule is CC(=O)/C=C(\c1ccccc1)n1nnc2ccccc21. The van der Waals surface area contributed by atoms with E-state index >= 15 is 0 Å². The van der Waals surface area contributed by atoms with Crippen molar-refractivity contribution in [2.24, 2.45) is 0 Å². The van der Waals surface area contributed by atoms with Gasteiger partial charge >= 0.3 is 0 Å². The second kappa shape index (κ2) is 5.09. The maximum absolute atomic E-state index is 11.5. The van der Waals surface area contributed by atoms with Gasteiger partial charge < -0.3 is 0 Å². The Morgan fingerprint density at radius 3 is 2.50 bits per heavy atom. The van der Waals surface area contributed by atoms with E-state index in [1.54, 1.807) is 10.8 Å². The Hall–Kier alpha value is -2.75. The van der Waals surface area contributed by atoms with E-state index in [4.69, 9.17) is 0 Å². The van der Waals surface area contributed by atoms with Gasteiger partial charge in [-0.05, 0) is 19.1 Å². The number of carbonyl (C=O) groups is 1. The number of carbonyl (C=O) groups excluding carboxylic acids is 1. The summed E-state index contributed by atoms with van der Waals surface area (Å²) in [7, 11) is 0. The van der Waals surface area contributed by atoms with E-state index in [1.807, 2.05) is 54.6 Å². The lowest BCUT2D eigenvalue weighted by Crippen LogP contribution is -2.03. The molecule has 2 aromatic carbocycles. The Bertz CT molecular complexity index is 788. The number of rotatable bonds is 3. The molecule has 0 fully saturated rings. The van der Waals surface area contributed by atoms with Gasteiger partial charge in [-0.25, -0.2) is 4.68 Å². The van der Waals surface area contributed by atoms with Crippen LogP contribution in [0.3, 0.4) is 0 Å². The van der Waals surface area contributed by atoms with Crippen LogP contribution in [0, 0.1) is 0 Å². The summed E-state index contributed by atoms with van der Waals surface area (Å²) < 4.78 is 1.70. The van der Waals surface area contributed by atoms with Crippen molar-refractivity contribution in [2.75, 3.05) is 0 Å². The summed E-state index contributed by atoms with van der Waals surface area (Å²) in [6.07, 6.45) is 1.58. The number of hydrogen-bond acceptors (Lipinski definition) is 3. The minimum absolute atomic E-state index is 0.0246. The Morgan fingerprint density at radius 2 is 1.75 bits per heavy atom. The van der Waals surface area contributed by atoms with Gasteiger partial charge in [-0.1, -0.05) is 47.7 Å². The number of ketones is 1. The Labute approximate surface area is 116 Å². The average molecular weight is 263 g/mol. The molecule has 0 bridgehead atoms. The molecule has 20 heavy (non-hydrogen) atoms. The second-order valence-corrected chi connectivity index (χ2v) is 4.50. The first kappa shape index (κ1) is 12.3. The molecule has 1 heterocycles. The summed E-state index contributed by atoms with van der Waals surface area (Å²) in [5.41, 5.74) is 3.34. The van der Waals surface area contributed by atoms with Crippen molar-refractivity contribution in [1.29, 1.82) is 0 Å². The first-order valence-electron chi connectivity index (χ1n) is 6.34. The van der Waals surface area contributed by atoms with Crippen molar-refractivity contribution in [1.82, 2.24) is 15.0 Å². The van der Waals surface area contributed by atoms with Crippen molar-refractivity contribution in [3.05, 3.63) is 66.2 Å². The van der Waals surface area contributed by atoms with Gasteiger partial charge in [-0.3, -0.25) is 4.79 Å². The van der Waals surface area contributed by atoms with E-state index in [9.17, 15) is 4.79 Å². The summed E-state index contributed by atoms with van der Waals surface area (Å²) in [5.74, 6) is -0.0246. The van der Waals surface area contributed by atoms with E-state index in [0.29, 0.717) is 0 Å². The molecule has 0 aliphatic heterocycles. The summed E-state index contributed by atoms with van der Waals surface area (Å²) in [4.78, 5) is 11.5. The van der Waals surface area contributed by atoms with Crippen LogP contribution < -0.4 is 0 Å². The molecule has 4 heteroatoms. The third-order valence-electron chi connectivity index (χ3n) is 2.99. The van der Waals surface area contributed by atoms with E-state index in [1.165, 1.54) is 6.92 Å². The zero-order valence-corrected chi connectivity index (χ0v) is 11.0. The number of fused-ring (bicyclic) bond motifs is 1. The molecule has 0 amide bonds. The molecular weight excluding hydrogens is 250 g/mol. The van der Waals surface area contributed by atoms with Gasteiger partial charge in [-0.15, -0.1) is 5.10 Å². The first-order valence-corrected chi connectivity index (χ1v) is 6.34. The molecule has 98 valence electrons. The molecule has 0 N–H and O–H groups in total. The van der Waals surface area contributed by atoms with Gasteiger partial charge in [0.2, 0.25) is 0 Å². The molecule has 0 radical (unpaired) electrons. The number of benzene rings is 2. The van der Waals surface area contributed by atoms with Crippen LogP contribution in [0.2, 0.25) is 0 Å². The molecule has 1 aromatic heterocycles. The summed E-state index contributed by atoms with van der Waals surface area (Å²) >= 11 is 0. The maximum atomic E-state index is 11.5. The smallest absolute Gasteiger partial charge is 0.154 e. The Morgan fingerprint density at radius 1 is 1.05 bits per heavy atom. The summed E-state index contributed by atoms with van der Waals surface area (Å²) in [5, 5.41) is 8.30. The molecule has 0 saturated carbocycles. The minimum Gasteiger partial charge on any atom is -0.295 e. The first-order chi connectivity index (χ1) is 9.75. The van der Waals surface area contributed by atoms with Crippen molar-refractivity contribution in [3.8, 4) is 0 Å². The van der Waals surface area contributed by atoms with E-state index in [2.05, 4.69) is 10.3 Å². The van der Waals surface area contributed by atoms with Crippen molar-refractivity contribution in [2.45, 2.75) is 6.92 Å². The normalized spacial score (nSPS) is 11.8. The molecule has 3 aromatic rings. The van der Waals surface area contributed by atoms with Crippen LogP contribution in [0.4, 0.5) is 0 Å². The second-order valence-electron chi connectivity index (χ2n) is 4.50. The molecule has 4 nitrogen and oxygen atoms in total. The predicted octanol–water partition coefficient (Wildman–Crippen LogP) is 2.91. The monoisotopic (exact) mass is 263 g/mol. The van der Waals surface area contributed by atoms with Gasteiger partial charge in [0.05, 0.1) is 11.2 Å². The van der Waals surface area contributed by atoms with Crippen molar-refractivity contribution in [3.63, 3.8) is 0 Å². The molecule has 0 aliphatic carbocycles. The average Bonchev–Trinajstić information content (AvgIpc) is 2.89. The van der Waals surface area contributed by atoms with Crippen LogP contribution in [0.15, 0.2) is 60.7 Å². The highest BCUT2D eigenvalue weighted by Gasteiger charge is 2.11. The quantitative estimate of drug-likeness (QED) is 0.683. The minimum atomic E-state index is -0.0246. The van der Waals surface area contributed by atoms with Gasteiger partial charge in [0.15, 0.2) is 5.78 Å². The Balaban J connectivity index is 2.23. The largest absolute Gasteiger partial charge is 0.295 e. The van der Waals surface area contributed by atoms with Gasteiger partial charge in [0.1, 0.15) is 5.52 Å². The third-order valence-corrected chi connectivity index (χ3v) is 2.99. The maximum Gasteiger partial charge on any atom is 0.154 e. The van der Waals surface area contributed by atoms with Crippen LogP contribution in [0.1, 0.15) is 12.5 Å². The molecule has 0 unspecified atom stereocenters. The fourth-order valence-electron chi connectivity index (χ4n) is 2.12. The molecule has 0 aliphatic rings. The molecule has 0 spiro atoms. The van der Waals surface area contributed by atoms with Gasteiger partial charge in [-0.2, -0.15) is 0 Å². The molecular formula is C16H13N3O. The fraction of sp³-hybridized carbons (Fsp3) is 0.0625. The highest BCUT2D eigenvalue weighted by molar-refractivity contribution is 5.96. The topological polar surface area (TPSA) is 47.8 Å². The van der Waals surface area contributed by atoms with Gasteiger partial charge in [0, 0.05) is 11.6 Å². The summed E-state index contributed by atoms with van der Waals surface area (Å²) in [6.45, 7) is 1.53. The number of para-hydroxylation sites is 1. The lowest BCUT2D eigenvalue weighted by atomic mass is 10.1. The van der Waals surface area contributed by atoms with Gasteiger partial charge in [0.25, 0.3) is 0 Å². The number of allylic oxidation sites excluding steroid dienone is 1. The zero-order valence-electron chi connectivity index (χ0n) is 11.0. The number of aromatic nitrogens is 3.